The fourth-order valence-electron chi connectivity index (χ4n) is 3.06. The van der Waals surface area contributed by atoms with Gasteiger partial charge >= 0.3 is 0 Å². The molecule has 1 aliphatic heterocycles. The summed E-state index contributed by atoms with van der Waals surface area (Å²) in [5.74, 6) is 0.635. The van der Waals surface area contributed by atoms with Gasteiger partial charge in [-0.1, -0.05) is 6.07 Å². The molecule has 0 bridgehead atoms. The second-order valence-electron chi connectivity index (χ2n) is 7.02. The van der Waals surface area contributed by atoms with Crippen LogP contribution in [0.15, 0.2) is 37.1 Å². The van der Waals surface area contributed by atoms with Crippen LogP contribution in [0.1, 0.15) is 26.7 Å². The molecule has 8 nitrogen and oxygen atoms in total. The van der Waals surface area contributed by atoms with Crippen LogP contribution in [0.2, 0.25) is 0 Å². The first kappa shape index (κ1) is 17.3. The van der Waals surface area contributed by atoms with Crippen molar-refractivity contribution in [3.8, 4) is 0 Å². The van der Waals surface area contributed by atoms with E-state index in [0.29, 0.717) is 13.0 Å². The number of β-amino-alcohol motifs (C(OH)–C–C–N with tert-alkyl or cyclic N) is 1. The predicted molar refractivity (Wildman–Crippen MR) is 93.0 cm³/mol. The Labute approximate surface area is 146 Å². The van der Waals surface area contributed by atoms with Gasteiger partial charge < -0.3 is 15.3 Å². The number of hydrogen-bond donors (Lipinski definition) is 2. The number of rotatable bonds is 5. The third-order valence-corrected chi connectivity index (χ3v) is 4.65. The molecule has 0 spiro atoms. The smallest absolute Gasteiger partial charge is 0.247 e. The lowest BCUT2D eigenvalue weighted by molar-refractivity contribution is -0.130. The molecule has 0 aliphatic carbocycles. The molecular formula is C17H24N6O2. The minimum absolute atomic E-state index is 0.188. The van der Waals surface area contributed by atoms with E-state index in [1.165, 1.54) is 17.3 Å². The maximum absolute atomic E-state index is 12.6. The Morgan fingerprint density at radius 1 is 1.44 bits per heavy atom. The van der Waals surface area contributed by atoms with E-state index < -0.39 is 11.1 Å². The van der Waals surface area contributed by atoms with E-state index >= 15 is 0 Å². The Morgan fingerprint density at radius 2 is 2.28 bits per heavy atom. The molecule has 134 valence electrons. The Bertz CT molecular complexity index is 703. The van der Waals surface area contributed by atoms with Crippen molar-refractivity contribution in [2.45, 2.75) is 37.8 Å². The van der Waals surface area contributed by atoms with Gasteiger partial charge in [-0.15, -0.1) is 0 Å². The van der Waals surface area contributed by atoms with E-state index in [2.05, 4.69) is 25.3 Å². The van der Waals surface area contributed by atoms with Crippen molar-refractivity contribution < 1.29 is 9.90 Å². The molecule has 3 rings (SSSR count). The lowest BCUT2D eigenvalue weighted by atomic mass is 9.92. The summed E-state index contributed by atoms with van der Waals surface area (Å²) in [5, 5.41) is 17.8. The fraction of sp³-hybridized carbons (Fsp3) is 0.529. The van der Waals surface area contributed by atoms with Crippen molar-refractivity contribution in [1.29, 1.82) is 0 Å². The number of anilines is 1. The number of piperidine rings is 1. The Kier molecular flexibility index (Phi) is 4.71. The molecule has 0 saturated carbocycles. The zero-order valence-corrected chi connectivity index (χ0v) is 14.6. The summed E-state index contributed by atoms with van der Waals surface area (Å²) in [4.78, 5) is 22.8. The van der Waals surface area contributed by atoms with Crippen LogP contribution < -0.4 is 10.2 Å². The van der Waals surface area contributed by atoms with E-state index in [-0.39, 0.29) is 12.5 Å². The van der Waals surface area contributed by atoms with Crippen LogP contribution in [0.3, 0.4) is 0 Å². The Balaban J connectivity index is 1.63. The van der Waals surface area contributed by atoms with Crippen LogP contribution in [-0.4, -0.2) is 56.0 Å². The maximum atomic E-state index is 12.6. The average molecular weight is 344 g/mol. The van der Waals surface area contributed by atoms with Crippen LogP contribution in [-0.2, 0) is 10.3 Å². The summed E-state index contributed by atoms with van der Waals surface area (Å²) in [6, 6.07) is 5.72. The van der Waals surface area contributed by atoms with E-state index in [9.17, 15) is 9.90 Å². The summed E-state index contributed by atoms with van der Waals surface area (Å²) in [6.07, 6.45) is 6.13. The number of hydrogen-bond acceptors (Lipinski definition) is 6. The summed E-state index contributed by atoms with van der Waals surface area (Å²) in [6.45, 7) is 5.00. The molecule has 1 saturated heterocycles. The fourth-order valence-corrected chi connectivity index (χ4v) is 3.06. The van der Waals surface area contributed by atoms with Gasteiger partial charge in [0.1, 0.15) is 24.0 Å². The van der Waals surface area contributed by atoms with Crippen LogP contribution in [0, 0.1) is 0 Å². The number of nitrogens with one attached hydrogen (secondary N) is 1. The lowest BCUT2D eigenvalue weighted by Crippen LogP contribution is -2.56. The van der Waals surface area contributed by atoms with Crippen LogP contribution in [0.4, 0.5) is 5.82 Å². The highest BCUT2D eigenvalue weighted by molar-refractivity contribution is 5.83. The van der Waals surface area contributed by atoms with E-state index in [0.717, 1.165) is 18.8 Å². The molecular weight excluding hydrogens is 320 g/mol. The third kappa shape index (κ3) is 3.79. The molecule has 25 heavy (non-hydrogen) atoms. The Morgan fingerprint density at radius 3 is 2.96 bits per heavy atom. The SMILES string of the molecule is CC(C)(C(=O)NC[C@@]1(O)CCCN(c2ccccn2)C1)n1cncn1. The van der Waals surface area contributed by atoms with Crippen molar-refractivity contribution in [3.63, 3.8) is 0 Å². The van der Waals surface area contributed by atoms with Gasteiger partial charge in [0.25, 0.3) is 0 Å². The zero-order chi connectivity index (χ0) is 17.9. The lowest BCUT2D eigenvalue weighted by Gasteiger charge is -2.40. The number of pyridine rings is 1. The first-order valence-electron chi connectivity index (χ1n) is 8.42. The van der Waals surface area contributed by atoms with E-state index in [4.69, 9.17) is 0 Å². The molecule has 1 fully saturated rings. The second kappa shape index (κ2) is 6.79. The van der Waals surface area contributed by atoms with E-state index in [1.54, 1.807) is 20.0 Å². The highest BCUT2D eigenvalue weighted by Crippen LogP contribution is 2.24. The monoisotopic (exact) mass is 344 g/mol. The molecule has 8 heteroatoms. The van der Waals surface area contributed by atoms with Gasteiger partial charge in [-0.2, -0.15) is 5.10 Å². The maximum Gasteiger partial charge on any atom is 0.247 e. The molecule has 0 radical (unpaired) electrons. The molecule has 2 aromatic rings. The highest BCUT2D eigenvalue weighted by Gasteiger charge is 2.37. The minimum atomic E-state index is -0.982. The molecule has 1 aliphatic rings. The quantitative estimate of drug-likeness (QED) is 0.823. The van der Waals surface area contributed by atoms with Gasteiger partial charge in [-0.3, -0.25) is 4.79 Å². The third-order valence-electron chi connectivity index (χ3n) is 4.65. The first-order valence-corrected chi connectivity index (χ1v) is 8.42. The normalized spacial score (nSPS) is 21.2. The van der Waals surface area contributed by atoms with Gasteiger partial charge in [0.2, 0.25) is 5.91 Å². The predicted octanol–water partition coefficient (Wildman–Crippen LogP) is 0.556. The summed E-state index contributed by atoms with van der Waals surface area (Å²) in [5.41, 5.74) is -1.86. The molecule has 1 amide bonds. The van der Waals surface area contributed by atoms with Gasteiger partial charge in [0, 0.05) is 25.8 Å². The number of carbonyl (C=O) groups excluding carboxylic acids is 1. The van der Waals surface area contributed by atoms with Crippen LogP contribution in [0.5, 0.6) is 0 Å². The molecule has 0 unspecified atom stereocenters. The topological polar surface area (TPSA) is 96.2 Å². The van der Waals surface area contributed by atoms with Gasteiger partial charge in [0.15, 0.2) is 0 Å². The standard InChI is InChI=1S/C17H24N6O2/c1-16(2,23-13-18-12-21-23)15(24)20-10-17(25)7-5-9-22(11-17)14-6-3-4-8-19-14/h3-4,6,8,12-13,25H,5,7,9-11H2,1-2H3,(H,20,24)/t17-/m0/s1. The first-order chi connectivity index (χ1) is 11.9. The zero-order valence-electron chi connectivity index (χ0n) is 14.6. The number of aliphatic hydroxyl groups is 1. The Hall–Kier alpha value is -2.48. The molecule has 2 aromatic heterocycles. The highest BCUT2D eigenvalue weighted by atomic mass is 16.3. The van der Waals surface area contributed by atoms with Crippen molar-refractivity contribution in [2.75, 3.05) is 24.5 Å². The van der Waals surface area contributed by atoms with Gasteiger partial charge in [-0.05, 0) is 38.8 Å². The summed E-state index contributed by atoms with van der Waals surface area (Å²) < 4.78 is 1.51. The second-order valence-corrected chi connectivity index (χ2v) is 7.02. The summed E-state index contributed by atoms with van der Waals surface area (Å²) in [7, 11) is 0. The average Bonchev–Trinajstić information content (AvgIpc) is 3.16. The van der Waals surface area contributed by atoms with Crippen molar-refractivity contribution in [1.82, 2.24) is 25.1 Å². The molecule has 1 atom stereocenters. The van der Waals surface area contributed by atoms with Gasteiger partial charge in [0.05, 0.1) is 5.60 Å². The molecule has 2 N–H and O–H groups in total. The molecule has 0 aromatic carbocycles. The number of nitrogens with zero attached hydrogens (tertiary/aromatic N) is 5. The summed E-state index contributed by atoms with van der Waals surface area (Å²) >= 11 is 0. The van der Waals surface area contributed by atoms with Crippen molar-refractivity contribution in [3.05, 3.63) is 37.1 Å². The van der Waals surface area contributed by atoms with Crippen LogP contribution in [0.25, 0.3) is 0 Å². The van der Waals surface area contributed by atoms with Gasteiger partial charge in [-0.25, -0.2) is 14.6 Å². The van der Waals surface area contributed by atoms with Crippen molar-refractivity contribution >= 4 is 11.7 Å². The van der Waals surface area contributed by atoms with Crippen LogP contribution >= 0.6 is 0 Å². The number of carbonyl (C=O) groups is 1. The molecule has 3 heterocycles. The number of amides is 1. The van der Waals surface area contributed by atoms with E-state index in [1.807, 2.05) is 18.2 Å². The van der Waals surface area contributed by atoms with Crippen molar-refractivity contribution in [2.24, 2.45) is 0 Å². The largest absolute Gasteiger partial charge is 0.386 e. The number of aromatic nitrogens is 4. The minimum Gasteiger partial charge on any atom is -0.386 e.